The molecule has 192 valence electrons. The molecule has 0 saturated heterocycles. The van der Waals surface area contributed by atoms with E-state index in [0.29, 0.717) is 31.5 Å². The van der Waals surface area contributed by atoms with Gasteiger partial charge in [0.05, 0.1) is 17.5 Å². The maximum atomic E-state index is 13.8. The molecule has 2 aromatic heterocycles. The summed E-state index contributed by atoms with van der Waals surface area (Å²) in [7, 11) is 0. The van der Waals surface area contributed by atoms with Crippen LogP contribution in [0.4, 0.5) is 17.6 Å². The number of rotatable bonds is 7. The highest BCUT2D eigenvalue weighted by molar-refractivity contribution is 5.84. The lowest BCUT2D eigenvalue weighted by atomic mass is 9.87. The minimum absolute atomic E-state index is 0.0427. The van der Waals surface area contributed by atoms with Crippen molar-refractivity contribution in [3.05, 3.63) is 64.7 Å². The number of benzene rings is 1. The minimum Gasteiger partial charge on any atom is -0.481 e. The Kier molecular flexibility index (Phi) is 6.81. The normalized spacial score (nSPS) is 14.2. The lowest BCUT2D eigenvalue weighted by molar-refractivity contribution is -0.147. The lowest BCUT2D eigenvalue weighted by Gasteiger charge is -2.29. The molecular formula is C26H27F4N3O3. The van der Waals surface area contributed by atoms with Gasteiger partial charge in [0.1, 0.15) is 11.5 Å². The molecule has 3 aromatic rings. The van der Waals surface area contributed by atoms with Crippen molar-refractivity contribution >= 4 is 22.9 Å². The molecule has 1 N–H and O–H groups in total. The first-order chi connectivity index (χ1) is 16.9. The van der Waals surface area contributed by atoms with Crippen molar-refractivity contribution in [1.82, 2.24) is 14.5 Å². The van der Waals surface area contributed by atoms with Gasteiger partial charge in [-0.3, -0.25) is 9.59 Å². The van der Waals surface area contributed by atoms with Gasteiger partial charge in [-0.25, -0.2) is 9.37 Å². The molecule has 0 unspecified atom stereocenters. The Morgan fingerprint density at radius 2 is 1.92 bits per heavy atom. The zero-order valence-corrected chi connectivity index (χ0v) is 20.0. The van der Waals surface area contributed by atoms with Gasteiger partial charge >= 0.3 is 12.1 Å². The molecule has 36 heavy (non-hydrogen) atoms. The van der Waals surface area contributed by atoms with E-state index in [4.69, 9.17) is 0 Å². The van der Waals surface area contributed by atoms with Crippen LogP contribution in [0.2, 0.25) is 0 Å². The number of carbonyl (C=O) groups is 2. The van der Waals surface area contributed by atoms with E-state index in [0.717, 1.165) is 28.8 Å². The third-order valence-corrected chi connectivity index (χ3v) is 6.81. The van der Waals surface area contributed by atoms with Crippen molar-refractivity contribution < 1.29 is 32.3 Å². The highest BCUT2D eigenvalue weighted by atomic mass is 19.4. The van der Waals surface area contributed by atoms with Crippen LogP contribution in [0.15, 0.2) is 36.5 Å². The zero-order valence-electron chi connectivity index (χ0n) is 20.0. The fraction of sp³-hybridized carbons (Fsp3) is 0.423. The van der Waals surface area contributed by atoms with Crippen LogP contribution in [0.25, 0.3) is 11.0 Å². The second kappa shape index (κ2) is 9.55. The molecule has 0 saturated carbocycles. The fourth-order valence-electron chi connectivity index (χ4n) is 4.66. The topological polar surface area (TPSA) is 75.4 Å². The molecule has 0 bridgehead atoms. The van der Waals surface area contributed by atoms with E-state index in [-0.39, 0.29) is 31.0 Å². The summed E-state index contributed by atoms with van der Waals surface area (Å²) < 4.78 is 55.4. The Balaban J connectivity index is 1.60. The molecule has 0 radical (unpaired) electrons. The highest BCUT2D eigenvalue weighted by Crippen LogP contribution is 2.34. The molecule has 1 amide bonds. The summed E-state index contributed by atoms with van der Waals surface area (Å²) in [5.74, 6) is -2.34. The first-order valence-electron chi connectivity index (χ1n) is 11.7. The molecule has 1 aliphatic rings. The molecular weight excluding hydrogens is 478 g/mol. The van der Waals surface area contributed by atoms with Crippen molar-refractivity contribution in [1.29, 1.82) is 0 Å². The summed E-state index contributed by atoms with van der Waals surface area (Å²) >= 11 is 0. The van der Waals surface area contributed by atoms with Gasteiger partial charge in [0.25, 0.3) is 0 Å². The standard InChI is InChI=1S/C26H27F4N3O3/c1-25(2,24(35)36)10-3-6-22(34)32-12-9-17-18-5-4-11-31-23(18)33(21(17)15-32)14-16-7-8-20(27)19(13-16)26(28,29)30/h4-5,7-8,11,13H,3,6,9-10,12,14-15H2,1-2H3,(H,35,36). The number of amides is 1. The molecule has 0 atom stereocenters. The van der Waals surface area contributed by atoms with E-state index in [1.54, 1.807) is 35.6 Å². The molecule has 0 fully saturated rings. The summed E-state index contributed by atoms with van der Waals surface area (Å²) in [5.41, 5.74) is 0.405. The SMILES string of the molecule is CC(C)(CCCC(=O)N1CCc2c(n(Cc3ccc(F)c(C(F)(F)F)c3)c3ncccc23)C1)C(=O)O. The highest BCUT2D eigenvalue weighted by Gasteiger charge is 2.34. The van der Waals surface area contributed by atoms with Crippen LogP contribution in [0.3, 0.4) is 0 Å². The first-order valence-corrected chi connectivity index (χ1v) is 11.7. The van der Waals surface area contributed by atoms with Gasteiger partial charge in [-0.1, -0.05) is 6.07 Å². The van der Waals surface area contributed by atoms with Gasteiger partial charge in [0.15, 0.2) is 0 Å². The van der Waals surface area contributed by atoms with E-state index in [1.807, 2.05) is 6.07 Å². The Morgan fingerprint density at radius 3 is 2.61 bits per heavy atom. The van der Waals surface area contributed by atoms with E-state index >= 15 is 0 Å². The molecule has 6 nitrogen and oxygen atoms in total. The van der Waals surface area contributed by atoms with Crippen molar-refractivity contribution in [2.75, 3.05) is 6.54 Å². The summed E-state index contributed by atoms with van der Waals surface area (Å²) in [4.78, 5) is 30.4. The van der Waals surface area contributed by atoms with Crippen molar-refractivity contribution in [3.63, 3.8) is 0 Å². The van der Waals surface area contributed by atoms with Crippen LogP contribution in [0, 0.1) is 11.2 Å². The largest absolute Gasteiger partial charge is 0.481 e. The minimum atomic E-state index is -4.81. The average molecular weight is 506 g/mol. The van der Waals surface area contributed by atoms with Crippen LogP contribution >= 0.6 is 0 Å². The summed E-state index contributed by atoms with van der Waals surface area (Å²) in [6.07, 6.45) is -1.64. The number of nitrogens with zero attached hydrogens (tertiary/aromatic N) is 3. The van der Waals surface area contributed by atoms with Crippen molar-refractivity contribution in [2.45, 2.75) is 58.8 Å². The summed E-state index contributed by atoms with van der Waals surface area (Å²) in [6.45, 7) is 4.04. The molecule has 1 aliphatic heterocycles. The zero-order chi connectivity index (χ0) is 26.3. The Morgan fingerprint density at radius 1 is 1.17 bits per heavy atom. The van der Waals surface area contributed by atoms with Crippen LogP contribution < -0.4 is 0 Å². The van der Waals surface area contributed by atoms with Crippen LogP contribution in [0.1, 0.15) is 55.5 Å². The third kappa shape index (κ3) is 5.08. The van der Waals surface area contributed by atoms with Crippen molar-refractivity contribution in [3.8, 4) is 0 Å². The maximum Gasteiger partial charge on any atom is 0.419 e. The number of carboxylic acids is 1. The molecule has 0 aliphatic carbocycles. The molecule has 3 heterocycles. The quantitative estimate of drug-likeness (QED) is 0.436. The summed E-state index contributed by atoms with van der Waals surface area (Å²) in [6, 6.07) is 6.63. The number of pyridine rings is 1. The Labute approximate surface area is 205 Å². The molecule has 0 spiro atoms. The van der Waals surface area contributed by atoms with Gasteiger partial charge in [0.2, 0.25) is 5.91 Å². The van der Waals surface area contributed by atoms with E-state index < -0.39 is 28.9 Å². The second-order valence-corrected chi connectivity index (χ2v) is 9.81. The number of alkyl halides is 3. The van der Waals surface area contributed by atoms with Gasteiger partial charge in [-0.05, 0) is 68.5 Å². The van der Waals surface area contributed by atoms with Crippen LogP contribution in [-0.4, -0.2) is 38.0 Å². The number of hydrogen-bond acceptors (Lipinski definition) is 3. The molecule has 10 heteroatoms. The monoisotopic (exact) mass is 505 g/mol. The number of fused-ring (bicyclic) bond motifs is 3. The first kappa shape index (κ1) is 25.7. The number of carboxylic acid groups (broad SMARTS) is 1. The second-order valence-electron chi connectivity index (χ2n) is 9.81. The number of hydrogen-bond donors (Lipinski definition) is 1. The lowest BCUT2D eigenvalue weighted by Crippen LogP contribution is -2.36. The predicted molar refractivity (Wildman–Crippen MR) is 125 cm³/mol. The molecule has 4 rings (SSSR count). The number of halogens is 4. The van der Waals surface area contributed by atoms with Gasteiger partial charge in [0, 0.05) is 36.8 Å². The van der Waals surface area contributed by atoms with Crippen LogP contribution in [-0.2, 0) is 35.3 Å². The number of aliphatic carboxylic acids is 1. The predicted octanol–water partition coefficient (Wildman–Crippen LogP) is 5.41. The van der Waals surface area contributed by atoms with Crippen molar-refractivity contribution in [2.24, 2.45) is 5.41 Å². The average Bonchev–Trinajstić information content (AvgIpc) is 3.12. The number of aromatic nitrogens is 2. The smallest absolute Gasteiger partial charge is 0.419 e. The van der Waals surface area contributed by atoms with E-state index in [1.165, 1.54) is 6.07 Å². The maximum absolute atomic E-state index is 13.8. The molecule has 1 aromatic carbocycles. The van der Waals surface area contributed by atoms with Gasteiger partial charge < -0.3 is 14.6 Å². The summed E-state index contributed by atoms with van der Waals surface area (Å²) in [5, 5.41) is 10.2. The Bertz CT molecular complexity index is 1310. The fourth-order valence-corrected chi connectivity index (χ4v) is 4.66. The van der Waals surface area contributed by atoms with E-state index in [2.05, 4.69) is 4.98 Å². The van der Waals surface area contributed by atoms with Gasteiger partial charge in [-0.2, -0.15) is 13.2 Å². The third-order valence-electron chi connectivity index (χ3n) is 6.81. The van der Waals surface area contributed by atoms with Crippen LogP contribution in [0.5, 0.6) is 0 Å². The number of carbonyl (C=O) groups excluding carboxylic acids is 1. The Hall–Kier alpha value is -3.43. The van der Waals surface area contributed by atoms with E-state index in [9.17, 15) is 32.3 Å². The van der Waals surface area contributed by atoms with Gasteiger partial charge in [-0.15, -0.1) is 0 Å².